The van der Waals surface area contributed by atoms with Crippen molar-refractivity contribution in [1.82, 2.24) is 5.32 Å². The van der Waals surface area contributed by atoms with Crippen LogP contribution in [0.25, 0.3) is 0 Å². The fourth-order valence-electron chi connectivity index (χ4n) is 3.46. The molecule has 1 saturated carbocycles. The van der Waals surface area contributed by atoms with Crippen LogP contribution in [-0.4, -0.2) is 17.9 Å². The molecule has 4 rings (SSSR count). The van der Waals surface area contributed by atoms with Gasteiger partial charge in [0.05, 0.1) is 0 Å². The Bertz CT molecular complexity index is 809. The van der Waals surface area contributed by atoms with E-state index in [0.29, 0.717) is 12.1 Å². The molecule has 0 spiro atoms. The van der Waals surface area contributed by atoms with E-state index in [0.717, 1.165) is 30.5 Å². The number of hydrogen-bond acceptors (Lipinski definition) is 2. The molecular weight excluding hydrogens is 312 g/mol. The molecule has 1 heterocycles. The van der Waals surface area contributed by atoms with Crippen molar-refractivity contribution in [1.29, 1.82) is 0 Å². The molecule has 0 radical (unpaired) electrons. The van der Waals surface area contributed by atoms with Gasteiger partial charge in [-0.1, -0.05) is 30.3 Å². The lowest BCUT2D eigenvalue weighted by Gasteiger charge is -2.23. The summed E-state index contributed by atoms with van der Waals surface area (Å²) in [6.07, 6.45) is 2.91. The fraction of sp³-hybridized carbons (Fsp3) is 0.333. The number of carbonyl (C=O) groups is 2. The number of hydrogen-bond donors (Lipinski definition) is 1. The van der Waals surface area contributed by atoms with E-state index in [-0.39, 0.29) is 23.8 Å². The van der Waals surface area contributed by atoms with E-state index >= 15 is 0 Å². The molecule has 1 atom stereocenters. The first-order valence-electron chi connectivity index (χ1n) is 8.91. The Hall–Kier alpha value is -2.62. The molecule has 1 aliphatic carbocycles. The van der Waals surface area contributed by atoms with Gasteiger partial charge in [0.1, 0.15) is 0 Å². The Morgan fingerprint density at radius 1 is 1.08 bits per heavy atom. The fourth-order valence-corrected chi connectivity index (χ4v) is 3.46. The van der Waals surface area contributed by atoms with Gasteiger partial charge in [-0.15, -0.1) is 0 Å². The number of amides is 2. The summed E-state index contributed by atoms with van der Waals surface area (Å²) in [7, 11) is 0. The van der Waals surface area contributed by atoms with E-state index in [1.807, 2.05) is 47.4 Å². The standard InChI is InChI=1S/C21H22N2O2/c1-14-12-18-4-2-3-5-19(18)23(14)21(25)17-8-6-15(7-9-17)13-22-20(24)16-10-11-16/h2-9,14,16H,10-13H2,1H3,(H,22,24). The van der Waals surface area contributed by atoms with Crippen molar-refractivity contribution < 1.29 is 9.59 Å². The molecular formula is C21H22N2O2. The van der Waals surface area contributed by atoms with Crippen LogP contribution < -0.4 is 10.2 Å². The van der Waals surface area contributed by atoms with Gasteiger partial charge in [0.2, 0.25) is 5.91 Å². The average molecular weight is 334 g/mol. The van der Waals surface area contributed by atoms with Gasteiger partial charge in [-0.2, -0.15) is 0 Å². The van der Waals surface area contributed by atoms with E-state index in [2.05, 4.69) is 18.3 Å². The summed E-state index contributed by atoms with van der Waals surface area (Å²) in [5.74, 6) is 0.395. The lowest BCUT2D eigenvalue weighted by Crippen LogP contribution is -2.35. The lowest BCUT2D eigenvalue weighted by molar-refractivity contribution is -0.122. The molecule has 25 heavy (non-hydrogen) atoms. The molecule has 2 aromatic carbocycles. The normalized spacial score (nSPS) is 18.8. The number of para-hydroxylation sites is 1. The van der Waals surface area contributed by atoms with Crippen LogP contribution in [0.15, 0.2) is 48.5 Å². The summed E-state index contributed by atoms with van der Waals surface area (Å²) in [5.41, 5.74) is 3.93. The van der Waals surface area contributed by atoms with Gasteiger partial charge >= 0.3 is 0 Å². The molecule has 0 aromatic heterocycles. The molecule has 1 unspecified atom stereocenters. The molecule has 128 valence electrons. The van der Waals surface area contributed by atoms with Gasteiger partial charge < -0.3 is 10.2 Å². The van der Waals surface area contributed by atoms with E-state index in [1.54, 1.807) is 0 Å². The van der Waals surface area contributed by atoms with Crippen molar-refractivity contribution in [2.24, 2.45) is 5.92 Å². The molecule has 4 nitrogen and oxygen atoms in total. The Kier molecular flexibility index (Phi) is 4.04. The minimum absolute atomic E-state index is 0.0333. The molecule has 2 aliphatic rings. The van der Waals surface area contributed by atoms with Gasteiger partial charge in [0.25, 0.3) is 5.91 Å². The highest BCUT2D eigenvalue weighted by Crippen LogP contribution is 2.33. The Balaban J connectivity index is 1.46. The lowest BCUT2D eigenvalue weighted by atomic mass is 10.1. The van der Waals surface area contributed by atoms with Crippen LogP contribution >= 0.6 is 0 Å². The number of nitrogens with zero attached hydrogens (tertiary/aromatic N) is 1. The second-order valence-corrected chi connectivity index (χ2v) is 7.05. The van der Waals surface area contributed by atoms with E-state index in [9.17, 15) is 9.59 Å². The molecule has 4 heteroatoms. The topological polar surface area (TPSA) is 49.4 Å². The number of carbonyl (C=O) groups excluding carboxylic acids is 2. The zero-order valence-electron chi connectivity index (χ0n) is 14.4. The first-order chi connectivity index (χ1) is 12.1. The Labute approximate surface area is 147 Å². The zero-order chi connectivity index (χ0) is 17.4. The molecule has 0 saturated heterocycles. The monoisotopic (exact) mass is 334 g/mol. The quantitative estimate of drug-likeness (QED) is 0.932. The van der Waals surface area contributed by atoms with Crippen LogP contribution in [0.4, 0.5) is 5.69 Å². The van der Waals surface area contributed by atoms with Gasteiger partial charge in [0, 0.05) is 29.8 Å². The summed E-state index contributed by atoms with van der Waals surface area (Å²) in [6.45, 7) is 2.60. The molecule has 1 fully saturated rings. The Morgan fingerprint density at radius 2 is 1.80 bits per heavy atom. The third-order valence-electron chi connectivity index (χ3n) is 5.04. The summed E-state index contributed by atoms with van der Waals surface area (Å²) < 4.78 is 0. The second kappa shape index (κ2) is 6.36. The zero-order valence-corrected chi connectivity index (χ0v) is 14.4. The molecule has 0 bridgehead atoms. The van der Waals surface area contributed by atoms with Crippen molar-refractivity contribution in [3.8, 4) is 0 Å². The van der Waals surface area contributed by atoms with E-state index in [4.69, 9.17) is 0 Å². The summed E-state index contributed by atoms with van der Waals surface area (Å²) in [5, 5.41) is 2.95. The van der Waals surface area contributed by atoms with Crippen LogP contribution in [0.5, 0.6) is 0 Å². The second-order valence-electron chi connectivity index (χ2n) is 7.05. The third kappa shape index (κ3) is 3.16. The minimum atomic E-state index is 0.0333. The van der Waals surface area contributed by atoms with E-state index < -0.39 is 0 Å². The summed E-state index contributed by atoms with van der Waals surface area (Å²) in [4.78, 5) is 26.5. The highest BCUT2D eigenvalue weighted by atomic mass is 16.2. The van der Waals surface area contributed by atoms with Gasteiger partial charge in [0.15, 0.2) is 0 Å². The average Bonchev–Trinajstić information content (AvgIpc) is 3.42. The number of rotatable bonds is 4. The number of fused-ring (bicyclic) bond motifs is 1. The van der Waals surface area contributed by atoms with Crippen molar-refractivity contribution in [2.75, 3.05) is 4.90 Å². The maximum Gasteiger partial charge on any atom is 0.258 e. The third-order valence-corrected chi connectivity index (χ3v) is 5.04. The maximum atomic E-state index is 13.0. The molecule has 1 aliphatic heterocycles. The largest absolute Gasteiger partial charge is 0.352 e. The maximum absolute atomic E-state index is 13.0. The van der Waals surface area contributed by atoms with Crippen molar-refractivity contribution in [3.63, 3.8) is 0 Å². The Morgan fingerprint density at radius 3 is 2.52 bits per heavy atom. The van der Waals surface area contributed by atoms with Gasteiger partial charge in [-0.3, -0.25) is 9.59 Å². The highest BCUT2D eigenvalue weighted by molar-refractivity contribution is 6.07. The molecule has 2 amide bonds. The van der Waals surface area contributed by atoms with Crippen molar-refractivity contribution in [2.45, 2.75) is 38.8 Å². The van der Waals surface area contributed by atoms with Crippen LogP contribution in [0, 0.1) is 5.92 Å². The van der Waals surface area contributed by atoms with Gasteiger partial charge in [-0.25, -0.2) is 0 Å². The number of nitrogens with one attached hydrogen (secondary N) is 1. The van der Waals surface area contributed by atoms with Crippen LogP contribution in [0.3, 0.4) is 0 Å². The molecule has 1 N–H and O–H groups in total. The van der Waals surface area contributed by atoms with E-state index in [1.165, 1.54) is 5.56 Å². The first-order valence-corrected chi connectivity index (χ1v) is 8.91. The minimum Gasteiger partial charge on any atom is -0.352 e. The van der Waals surface area contributed by atoms with Gasteiger partial charge in [-0.05, 0) is 55.5 Å². The number of anilines is 1. The molecule has 2 aromatic rings. The first kappa shape index (κ1) is 15.9. The van der Waals surface area contributed by atoms with Crippen LogP contribution in [-0.2, 0) is 17.8 Å². The van der Waals surface area contributed by atoms with Crippen molar-refractivity contribution >= 4 is 17.5 Å². The smallest absolute Gasteiger partial charge is 0.258 e. The predicted molar refractivity (Wildman–Crippen MR) is 97.4 cm³/mol. The van der Waals surface area contributed by atoms with Crippen LogP contribution in [0.1, 0.15) is 41.3 Å². The summed E-state index contributed by atoms with van der Waals surface area (Å²) >= 11 is 0. The predicted octanol–water partition coefficient (Wildman–Crippen LogP) is 3.30. The highest BCUT2D eigenvalue weighted by Gasteiger charge is 2.31. The van der Waals surface area contributed by atoms with Crippen molar-refractivity contribution in [3.05, 3.63) is 65.2 Å². The SMILES string of the molecule is CC1Cc2ccccc2N1C(=O)c1ccc(CNC(=O)C2CC2)cc1. The number of benzene rings is 2. The van der Waals surface area contributed by atoms with Crippen LogP contribution in [0.2, 0.25) is 0 Å². The summed E-state index contributed by atoms with van der Waals surface area (Å²) in [6, 6.07) is 15.8.